The van der Waals surface area contributed by atoms with E-state index in [4.69, 9.17) is 4.74 Å². The number of aromatic nitrogens is 4. The topological polar surface area (TPSA) is 106 Å². The number of hydrogen-bond donors (Lipinski definition) is 1. The number of hydrogen-bond acceptors (Lipinski definition) is 7. The first-order valence-electron chi connectivity index (χ1n) is 15.4. The normalized spacial score (nSPS) is 18.2. The Kier molecular flexibility index (Phi) is 8.99. The Morgan fingerprint density at radius 3 is 2.33 bits per heavy atom. The lowest BCUT2D eigenvalue weighted by molar-refractivity contribution is -0.162. The Labute approximate surface area is 264 Å². The average molecular weight is 639 g/mol. The lowest BCUT2D eigenvalue weighted by Gasteiger charge is -2.39. The minimum absolute atomic E-state index is 0.0394. The Hall–Kier alpha value is -4.07. The number of alkyl halides is 3. The fraction of sp³-hybridized carbons (Fsp3) is 0.455. The van der Waals surface area contributed by atoms with Gasteiger partial charge in [-0.25, -0.2) is 4.98 Å². The Morgan fingerprint density at radius 2 is 1.67 bits per heavy atom. The minimum atomic E-state index is -4.57. The van der Waals surface area contributed by atoms with E-state index >= 15 is 0 Å². The maximum Gasteiger partial charge on any atom is 0.396 e. The standard InChI is InChI=1S/C33H37F3N6O4/c1-39-30(25-9-7-23(8-10-25)20-40-15-17-46-18-16-40)28-29(38-39)31(44)42(22-37-28)21-32(45)11-13-41(14-12-32)27(43)19-26(33(34,35)36)24-5-3-2-4-6-24/h2-10,22,26,45H,11-21H2,1H3/t26-/m1/s1. The quantitative estimate of drug-likeness (QED) is 0.314. The molecule has 4 heterocycles. The molecule has 1 amide bonds. The summed E-state index contributed by atoms with van der Waals surface area (Å²) in [7, 11) is 1.75. The van der Waals surface area contributed by atoms with Crippen LogP contribution >= 0.6 is 0 Å². The molecule has 2 aromatic carbocycles. The van der Waals surface area contributed by atoms with Gasteiger partial charge in [0, 0.05) is 51.8 Å². The molecule has 0 saturated carbocycles. The van der Waals surface area contributed by atoms with Crippen molar-refractivity contribution in [2.75, 3.05) is 39.4 Å². The van der Waals surface area contributed by atoms with E-state index < -0.39 is 35.6 Å². The van der Waals surface area contributed by atoms with Gasteiger partial charge in [-0.2, -0.15) is 18.3 Å². The molecule has 2 aliphatic rings. The second-order valence-electron chi connectivity index (χ2n) is 12.2. The van der Waals surface area contributed by atoms with Gasteiger partial charge in [-0.15, -0.1) is 0 Å². The third-order valence-corrected chi connectivity index (χ3v) is 9.04. The molecule has 0 unspecified atom stereocenters. The largest absolute Gasteiger partial charge is 0.396 e. The van der Waals surface area contributed by atoms with E-state index in [0.29, 0.717) is 11.2 Å². The van der Waals surface area contributed by atoms with Crippen LogP contribution in [0, 0.1) is 0 Å². The van der Waals surface area contributed by atoms with Crippen LogP contribution in [0.1, 0.15) is 36.3 Å². The first-order chi connectivity index (χ1) is 22.0. The van der Waals surface area contributed by atoms with Gasteiger partial charge in [-0.3, -0.25) is 23.7 Å². The molecule has 244 valence electrons. The molecule has 10 nitrogen and oxygen atoms in total. The monoisotopic (exact) mass is 638 g/mol. The van der Waals surface area contributed by atoms with E-state index in [2.05, 4.69) is 27.1 Å². The van der Waals surface area contributed by atoms with Crippen molar-refractivity contribution in [1.82, 2.24) is 29.1 Å². The Balaban J connectivity index is 1.12. The molecule has 4 aromatic rings. The zero-order valence-corrected chi connectivity index (χ0v) is 25.6. The van der Waals surface area contributed by atoms with Crippen LogP contribution in [-0.4, -0.2) is 91.3 Å². The van der Waals surface area contributed by atoms with Gasteiger partial charge in [0.1, 0.15) is 5.52 Å². The minimum Gasteiger partial charge on any atom is -0.388 e. The number of nitrogens with zero attached hydrogens (tertiary/aromatic N) is 6. The smallest absolute Gasteiger partial charge is 0.388 e. The number of morpholine rings is 1. The number of amides is 1. The highest BCUT2D eigenvalue weighted by Gasteiger charge is 2.43. The van der Waals surface area contributed by atoms with Crippen LogP contribution in [0.5, 0.6) is 0 Å². The van der Waals surface area contributed by atoms with E-state index in [1.807, 2.05) is 12.1 Å². The molecule has 2 saturated heterocycles. The molecule has 13 heteroatoms. The van der Waals surface area contributed by atoms with Crippen molar-refractivity contribution in [3.63, 3.8) is 0 Å². The second-order valence-corrected chi connectivity index (χ2v) is 12.2. The van der Waals surface area contributed by atoms with Gasteiger partial charge in [-0.05, 0) is 24.0 Å². The summed E-state index contributed by atoms with van der Waals surface area (Å²) in [6, 6.07) is 15.5. The molecule has 2 aromatic heterocycles. The highest BCUT2D eigenvalue weighted by molar-refractivity contribution is 5.89. The summed E-state index contributed by atoms with van der Waals surface area (Å²) in [6.07, 6.45) is -3.67. The van der Waals surface area contributed by atoms with Crippen LogP contribution < -0.4 is 5.56 Å². The highest BCUT2D eigenvalue weighted by Crippen LogP contribution is 2.38. The van der Waals surface area contributed by atoms with Crippen LogP contribution in [0.15, 0.2) is 65.7 Å². The van der Waals surface area contributed by atoms with Crippen LogP contribution in [-0.2, 0) is 29.7 Å². The van der Waals surface area contributed by atoms with E-state index in [-0.39, 0.29) is 43.6 Å². The van der Waals surface area contributed by atoms with Crippen LogP contribution in [0.4, 0.5) is 13.2 Å². The van der Waals surface area contributed by atoms with Crippen LogP contribution in [0.3, 0.4) is 0 Å². The number of carbonyl (C=O) groups excluding carboxylic acids is 1. The zero-order chi connectivity index (χ0) is 32.5. The molecule has 46 heavy (non-hydrogen) atoms. The Bertz CT molecular complexity index is 1720. The number of halogens is 3. The fourth-order valence-electron chi connectivity index (χ4n) is 6.38. The van der Waals surface area contributed by atoms with Crippen molar-refractivity contribution < 1.29 is 27.8 Å². The molecule has 0 bridgehead atoms. The first kappa shape index (κ1) is 31.9. The lowest BCUT2D eigenvalue weighted by Crippen LogP contribution is -2.50. The molecule has 0 spiro atoms. The number of likely N-dealkylation sites (tertiary alicyclic amines) is 1. The maximum absolute atomic E-state index is 13.8. The second kappa shape index (κ2) is 13.0. The summed E-state index contributed by atoms with van der Waals surface area (Å²) in [5.74, 6) is -2.53. The summed E-state index contributed by atoms with van der Waals surface area (Å²) >= 11 is 0. The van der Waals surface area contributed by atoms with Gasteiger partial charge in [0.05, 0.1) is 43.3 Å². The number of rotatable bonds is 8. The fourth-order valence-corrected chi connectivity index (χ4v) is 6.38. The lowest BCUT2D eigenvalue weighted by atomic mass is 9.90. The number of fused-ring (bicyclic) bond motifs is 1. The Morgan fingerprint density at radius 1 is 1.00 bits per heavy atom. The van der Waals surface area contributed by atoms with Gasteiger partial charge in [-0.1, -0.05) is 54.6 Å². The van der Waals surface area contributed by atoms with Crippen LogP contribution in [0.25, 0.3) is 22.3 Å². The third kappa shape index (κ3) is 6.86. The summed E-state index contributed by atoms with van der Waals surface area (Å²) < 4.78 is 49.8. The van der Waals surface area contributed by atoms with Crippen molar-refractivity contribution in [3.8, 4) is 11.3 Å². The van der Waals surface area contributed by atoms with Crippen molar-refractivity contribution in [2.24, 2.45) is 7.05 Å². The molecular weight excluding hydrogens is 601 g/mol. The van der Waals surface area contributed by atoms with E-state index in [1.54, 1.807) is 17.8 Å². The van der Waals surface area contributed by atoms with Crippen molar-refractivity contribution in [1.29, 1.82) is 0 Å². The number of benzene rings is 2. The number of piperidine rings is 1. The first-order valence-corrected chi connectivity index (χ1v) is 15.4. The molecule has 2 fully saturated rings. The zero-order valence-electron chi connectivity index (χ0n) is 25.6. The molecule has 1 N–H and O–H groups in total. The van der Waals surface area contributed by atoms with Gasteiger partial charge < -0.3 is 14.7 Å². The number of carbonyl (C=O) groups is 1. The molecule has 6 rings (SSSR count). The van der Waals surface area contributed by atoms with Crippen molar-refractivity contribution >= 4 is 16.9 Å². The number of aliphatic hydroxyl groups is 1. The van der Waals surface area contributed by atoms with Crippen LogP contribution in [0.2, 0.25) is 0 Å². The van der Waals surface area contributed by atoms with Crippen molar-refractivity contribution in [2.45, 2.75) is 50.0 Å². The highest BCUT2D eigenvalue weighted by atomic mass is 19.4. The number of aryl methyl sites for hydroxylation is 1. The molecule has 0 aliphatic carbocycles. The predicted octanol–water partition coefficient (Wildman–Crippen LogP) is 3.72. The summed E-state index contributed by atoms with van der Waals surface area (Å²) in [5, 5.41) is 15.8. The molecule has 0 radical (unpaired) electrons. The van der Waals surface area contributed by atoms with Gasteiger partial charge in [0.25, 0.3) is 5.56 Å². The molecular formula is C33H37F3N6O4. The van der Waals surface area contributed by atoms with E-state index in [0.717, 1.165) is 38.4 Å². The predicted molar refractivity (Wildman–Crippen MR) is 165 cm³/mol. The number of ether oxygens (including phenoxy) is 1. The van der Waals surface area contributed by atoms with Crippen molar-refractivity contribution in [3.05, 3.63) is 82.4 Å². The molecule has 1 atom stereocenters. The molecule has 2 aliphatic heterocycles. The van der Waals surface area contributed by atoms with E-state index in [9.17, 15) is 27.9 Å². The van der Waals surface area contributed by atoms with E-state index in [1.165, 1.54) is 45.6 Å². The van der Waals surface area contributed by atoms with Gasteiger partial charge in [0.15, 0.2) is 5.52 Å². The summed E-state index contributed by atoms with van der Waals surface area (Å²) in [4.78, 5) is 34.7. The van der Waals surface area contributed by atoms with Gasteiger partial charge >= 0.3 is 6.18 Å². The third-order valence-electron chi connectivity index (χ3n) is 9.04. The summed E-state index contributed by atoms with van der Waals surface area (Å²) in [5.41, 5.74) is 1.67. The average Bonchev–Trinajstić information content (AvgIpc) is 3.38. The summed E-state index contributed by atoms with van der Waals surface area (Å²) in [6.45, 7) is 4.17. The van der Waals surface area contributed by atoms with Gasteiger partial charge in [0.2, 0.25) is 5.91 Å². The maximum atomic E-state index is 13.8. The SMILES string of the molecule is Cn1nc2c(=O)n(CC3(O)CCN(C(=O)C[C@H](c4ccccc4)C(F)(F)F)CC3)cnc2c1-c1ccc(CN2CCOCC2)cc1.